The van der Waals surface area contributed by atoms with Crippen molar-refractivity contribution in [1.82, 2.24) is 0 Å². The Morgan fingerprint density at radius 1 is 0.282 bits per heavy atom. The first kappa shape index (κ1) is 101. The van der Waals surface area contributed by atoms with Crippen molar-refractivity contribution >= 4 is 39.5 Å². The van der Waals surface area contributed by atoms with Crippen molar-refractivity contribution in [3.8, 4) is 0 Å². The van der Waals surface area contributed by atoms with Gasteiger partial charge in [0.15, 0.2) is 12.2 Å². The van der Waals surface area contributed by atoms with E-state index < -0.39 is 97.5 Å². The maximum Gasteiger partial charge on any atom is 0.472 e. The van der Waals surface area contributed by atoms with E-state index in [4.69, 9.17) is 37.0 Å². The van der Waals surface area contributed by atoms with Crippen molar-refractivity contribution in [2.75, 3.05) is 39.6 Å². The molecule has 0 spiro atoms. The van der Waals surface area contributed by atoms with Crippen molar-refractivity contribution in [1.29, 1.82) is 0 Å². The molecule has 0 aromatic rings. The predicted molar refractivity (Wildman–Crippen MR) is 423 cm³/mol. The van der Waals surface area contributed by atoms with E-state index in [1.807, 2.05) is 0 Å². The van der Waals surface area contributed by atoms with E-state index >= 15 is 0 Å². The number of aliphatic hydroxyl groups is 1. The SMILES string of the molecule is CCCCCCCCCCCCCCCCCCCCCCCCC(=O)O[C@H](COC(=O)CCCCCCCCCCCCCCCCCC(C)C)COP(=O)(O)OC[C@@H](O)COP(=O)(O)OC[C@@H](COC(=O)CCCCCCCCCCC)OC(=O)CCCCCCCCCCCCC(C)CC. The van der Waals surface area contributed by atoms with Crippen molar-refractivity contribution < 1.29 is 80.2 Å². The van der Waals surface area contributed by atoms with Crippen LogP contribution in [0, 0.1) is 11.8 Å². The van der Waals surface area contributed by atoms with E-state index in [0.29, 0.717) is 25.7 Å². The lowest BCUT2D eigenvalue weighted by atomic mass is 9.99. The Kier molecular flexibility index (Phi) is 74.1. The van der Waals surface area contributed by atoms with Crippen LogP contribution in [-0.2, 0) is 65.4 Å². The smallest absolute Gasteiger partial charge is 0.462 e. The molecule has 0 rings (SSSR count). The average molecular weight is 1510 g/mol. The van der Waals surface area contributed by atoms with Crippen LogP contribution in [0.1, 0.15) is 446 Å². The number of rotatable bonds is 83. The summed E-state index contributed by atoms with van der Waals surface area (Å²) in [5, 5.41) is 10.7. The summed E-state index contributed by atoms with van der Waals surface area (Å²) in [7, 11) is -9.92. The van der Waals surface area contributed by atoms with Gasteiger partial charge in [0, 0.05) is 25.7 Å². The molecule has 0 radical (unpaired) electrons. The second-order valence-electron chi connectivity index (χ2n) is 30.9. The number of phosphoric ester groups is 2. The van der Waals surface area contributed by atoms with Gasteiger partial charge in [-0.15, -0.1) is 0 Å². The molecule has 0 saturated carbocycles. The third-order valence-electron chi connectivity index (χ3n) is 20.1. The van der Waals surface area contributed by atoms with E-state index in [-0.39, 0.29) is 25.7 Å². The van der Waals surface area contributed by atoms with Gasteiger partial charge in [0.05, 0.1) is 26.4 Å². The molecule has 0 aliphatic heterocycles. The third-order valence-corrected chi connectivity index (χ3v) is 22.0. The number of unbranched alkanes of at least 4 members (excludes halogenated alkanes) is 52. The maximum atomic E-state index is 13.1. The molecule has 0 amide bonds. The maximum absolute atomic E-state index is 13.1. The van der Waals surface area contributed by atoms with E-state index in [0.717, 1.165) is 102 Å². The zero-order chi connectivity index (χ0) is 75.6. The molecule has 103 heavy (non-hydrogen) atoms. The minimum atomic E-state index is -4.96. The third kappa shape index (κ3) is 76.6. The van der Waals surface area contributed by atoms with E-state index in [9.17, 15) is 43.2 Å². The summed E-state index contributed by atoms with van der Waals surface area (Å²) in [6, 6.07) is 0. The number of hydrogen-bond donors (Lipinski definition) is 3. The van der Waals surface area contributed by atoms with Crippen LogP contribution in [0.4, 0.5) is 0 Å². The zero-order valence-corrected chi connectivity index (χ0v) is 69.4. The van der Waals surface area contributed by atoms with Crippen LogP contribution in [0.25, 0.3) is 0 Å². The van der Waals surface area contributed by atoms with Gasteiger partial charge in [-0.3, -0.25) is 37.3 Å². The Labute approximate surface area is 632 Å². The summed E-state index contributed by atoms with van der Waals surface area (Å²) < 4.78 is 68.8. The Morgan fingerprint density at radius 2 is 0.495 bits per heavy atom. The zero-order valence-electron chi connectivity index (χ0n) is 67.6. The summed E-state index contributed by atoms with van der Waals surface area (Å²) in [4.78, 5) is 73.1. The molecule has 0 saturated heterocycles. The molecule has 17 nitrogen and oxygen atoms in total. The normalized spacial score (nSPS) is 14.1. The van der Waals surface area contributed by atoms with Gasteiger partial charge in [0.2, 0.25) is 0 Å². The number of carbonyl (C=O) groups is 4. The average Bonchev–Trinajstić information content (AvgIpc) is 0.965. The highest BCUT2D eigenvalue weighted by Crippen LogP contribution is 2.45. The standard InChI is InChI=1S/C84H164O17P2/c1-7-10-12-14-16-18-19-20-21-22-23-24-25-26-27-30-34-37-44-50-56-62-68-83(88)100-80(73-95-82(87)67-61-55-49-43-36-33-31-28-29-32-35-41-46-52-58-64-76(4)5)75-99-103(92,93)97-71-78(85)70-96-102(90,91)98-74-79(72-94-81(86)66-60-54-48-40-17-15-13-11-8-2)101-84(89)69-63-57-51-45-39-38-42-47-53-59-65-77(6)9-3/h76-80,85H,7-75H2,1-6H3,(H,90,91)(H,92,93)/t77?,78-,79+,80+/m0/s1. The molecular weight excluding hydrogens is 1340 g/mol. The van der Waals surface area contributed by atoms with Gasteiger partial charge >= 0.3 is 39.5 Å². The highest BCUT2D eigenvalue weighted by atomic mass is 31.2. The number of hydrogen-bond acceptors (Lipinski definition) is 15. The predicted octanol–water partition coefficient (Wildman–Crippen LogP) is 25.5. The lowest BCUT2D eigenvalue weighted by molar-refractivity contribution is -0.161. The number of ether oxygens (including phenoxy) is 4. The summed E-state index contributed by atoms with van der Waals surface area (Å²) in [6.45, 7) is 9.68. The largest absolute Gasteiger partial charge is 0.472 e. The van der Waals surface area contributed by atoms with E-state index in [1.165, 1.54) is 263 Å². The fourth-order valence-electron chi connectivity index (χ4n) is 13.0. The van der Waals surface area contributed by atoms with Gasteiger partial charge in [-0.05, 0) is 37.5 Å². The van der Waals surface area contributed by atoms with Gasteiger partial charge in [-0.2, -0.15) is 0 Å². The first-order valence-electron chi connectivity index (χ1n) is 43.5. The summed E-state index contributed by atoms with van der Waals surface area (Å²) >= 11 is 0. The lowest BCUT2D eigenvalue weighted by Crippen LogP contribution is -2.30. The molecular formula is C84H164O17P2. The first-order chi connectivity index (χ1) is 49.9. The molecule has 0 aliphatic carbocycles. The number of carbonyl (C=O) groups excluding carboxylic acids is 4. The summed E-state index contributed by atoms with van der Waals surface area (Å²) in [5.41, 5.74) is 0. The van der Waals surface area contributed by atoms with Gasteiger partial charge in [-0.1, -0.05) is 395 Å². The molecule has 19 heteroatoms. The monoisotopic (exact) mass is 1510 g/mol. The fourth-order valence-corrected chi connectivity index (χ4v) is 14.6. The fraction of sp³-hybridized carbons (Fsp3) is 0.952. The minimum absolute atomic E-state index is 0.107. The van der Waals surface area contributed by atoms with E-state index in [2.05, 4.69) is 41.5 Å². The molecule has 0 bridgehead atoms. The molecule has 0 heterocycles. The number of esters is 4. The molecule has 612 valence electrons. The highest BCUT2D eigenvalue weighted by molar-refractivity contribution is 7.47. The van der Waals surface area contributed by atoms with Crippen LogP contribution in [0.2, 0.25) is 0 Å². The number of phosphoric acid groups is 2. The van der Waals surface area contributed by atoms with Crippen molar-refractivity contribution in [2.24, 2.45) is 11.8 Å². The minimum Gasteiger partial charge on any atom is -0.462 e. The van der Waals surface area contributed by atoms with Gasteiger partial charge in [0.25, 0.3) is 0 Å². The second-order valence-corrected chi connectivity index (χ2v) is 33.8. The Balaban J connectivity index is 5.20. The van der Waals surface area contributed by atoms with Gasteiger partial charge in [-0.25, -0.2) is 9.13 Å². The van der Waals surface area contributed by atoms with Crippen LogP contribution in [-0.4, -0.2) is 96.7 Å². The second kappa shape index (κ2) is 75.5. The topological polar surface area (TPSA) is 237 Å². The van der Waals surface area contributed by atoms with Crippen LogP contribution >= 0.6 is 15.6 Å². The van der Waals surface area contributed by atoms with Crippen LogP contribution in [0.3, 0.4) is 0 Å². The Morgan fingerprint density at radius 3 is 0.738 bits per heavy atom. The molecule has 0 aromatic heterocycles. The summed E-state index contributed by atoms with van der Waals surface area (Å²) in [5.74, 6) is -0.498. The quantitative estimate of drug-likeness (QED) is 0.0222. The number of aliphatic hydroxyl groups excluding tert-OH is 1. The van der Waals surface area contributed by atoms with Crippen LogP contribution < -0.4 is 0 Å². The van der Waals surface area contributed by atoms with Crippen molar-refractivity contribution in [3.05, 3.63) is 0 Å². The molecule has 3 N–H and O–H groups in total. The Bertz CT molecular complexity index is 1980. The van der Waals surface area contributed by atoms with Crippen LogP contribution in [0.15, 0.2) is 0 Å². The molecule has 0 aliphatic rings. The highest BCUT2D eigenvalue weighted by Gasteiger charge is 2.30. The molecule has 6 atom stereocenters. The first-order valence-corrected chi connectivity index (χ1v) is 46.5. The van der Waals surface area contributed by atoms with Gasteiger partial charge < -0.3 is 33.8 Å². The van der Waals surface area contributed by atoms with Gasteiger partial charge in [0.1, 0.15) is 19.3 Å². The molecule has 0 aromatic carbocycles. The van der Waals surface area contributed by atoms with Crippen LogP contribution in [0.5, 0.6) is 0 Å². The Hall–Kier alpha value is -1.94. The van der Waals surface area contributed by atoms with E-state index in [1.54, 1.807) is 0 Å². The summed E-state index contributed by atoms with van der Waals surface area (Å²) in [6.07, 6.45) is 66.7. The molecule has 0 fully saturated rings. The van der Waals surface area contributed by atoms with Crippen molar-refractivity contribution in [3.63, 3.8) is 0 Å². The van der Waals surface area contributed by atoms with Crippen molar-refractivity contribution in [2.45, 2.75) is 464 Å². The molecule has 3 unspecified atom stereocenters. The lowest BCUT2D eigenvalue weighted by Gasteiger charge is -2.21.